The maximum Gasteiger partial charge on any atom is 0.279 e. The van der Waals surface area contributed by atoms with Gasteiger partial charge in [-0.2, -0.15) is 5.10 Å². The summed E-state index contributed by atoms with van der Waals surface area (Å²) in [6.45, 7) is 0.198. The predicted molar refractivity (Wildman–Crippen MR) is 109 cm³/mol. The molecule has 29 heavy (non-hydrogen) atoms. The van der Waals surface area contributed by atoms with Gasteiger partial charge in [0, 0.05) is 10.6 Å². The van der Waals surface area contributed by atoms with E-state index in [-0.39, 0.29) is 18.5 Å². The van der Waals surface area contributed by atoms with Gasteiger partial charge in [-0.1, -0.05) is 41.9 Å². The van der Waals surface area contributed by atoms with E-state index in [9.17, 15) is 4.79 Å². The Morgan fingerprint density at radius 2 is 2.03 bits per heavy atom. The second-order valence-corrected chi connectivity index (χ2v) is 6.83. The number of nitrogens with one attached hydrogen (secondary N) is 1. The highest BCUT2D eigenvalue weighted by atomic mass is 35.5. The van der Waals surface area contributed by atoms with Gasteiger partial charge in [-0.25, -0.2) is 9.67 Å². The van der Waals surface area contributed by atoms with Gasteiger partial charge in [0.2, 0.25) is 0 Å². The van der Waals surface area contributed by atoms with Gasteiger partial charge in [-0.05, 0) is 30.3 Å². The molecule has 0 unspecified atom stereocenters. The minimum atomic E-state index is -0.166. The topological polar surface area (TPSA) is 89.6 Å². The first-order chi connectivity index (χ1) is 14.2. The van der Waals surface area contributed by atoms with Gasteiger partial charge in [0.1, 0.15) is 12.7 Å². The number of furan rings is 1. The van der Waals surface area contributed by atoms with Crippen molar-refractivity contribution in [2.45, 2.75) is 6.04 Å². The molecule has 2 aromatic carbocycles. The van der Waals surface area contributed by atoms with Crippen LogP contribution >= 0.6 is 11.6 Å². The molecule has 0 spiro atoms. The molecule has 0 aliphatic carbocycles. The highest BCUT2D eigenvalue weighted by molar-refractivity contribution is 6.31. The number of carbonyl (C=O) groups is 1. The maximum atomic E-state index is 12.7. The number of anilines is 1. The van der Waals surface area contributed by atoms with E-state index in [1.165, 1.54) is 6.33 Å². The van der Waals surface area contributed by atoms with Gasteiger partial charge in [0.25, 0.3) is 5.91 Å². The Kier molecular flexibility index (Phi) is 5.69. The summed E-state index contributed by atoms with van der Waals surface area (Å²) >= 11 is 6.12. The van der Waals surface area contributed by atoms with Gasteiger partial charge < -0.3 is 15.1 Å². The van der Waals surface area contributed by atoms with E-state index >= 15 is 0 Å². The number of nitrogens with zero attached hydrogens (tertiary/aromatic N) is 3. The van der Waals surface area contributed by atoms with E-state index in [0.717, 1.165) is 11.3 Å². The van der Waals surface area contributed by atoms with Crippen LogP contribution in [0.5, 0.6) is 0 Å². The van der Waals surface area contributed by atoms with Crippen LogP contribution in [0.4, 0.5) is 5.69 Å². The van der Waals surface area contributed by atoms with Crippen molar-refractivity contribution >= 4 is 23.2 Å². The summed E-state index contributed by atoms with van der Waals surface area (Å²) < 4.78 is 7.16. The van der Waals surface area contributed by atoms with Crippen molar-refractivity contribution in [3.8, 4) is 5.69 Å². The SMILES string of the molecule is O=C(C[NH2+][C@H](c1ccccc1)c1ccco1)Nc1cc(Cl)ccc1-n1cncn1. The van der Waals surface area contributed by atoms with Crippen molar-refractivity contribution in [1.29, 1.82) is 0 Å². The molecule has 7 nitrogen and oxygen atoms in total. The second-order valence-electron chi connectivity index (χ2n) is 6.39. The van der Waals surface area contributed by atoms with Crippen LogP contribution in [0.1, 0.15) is 17.4 Å². The molecular formula is C21H19ClN5O2+. The molecule has 1 atom stereocenters. The molecule has 0 aliphatic heterocycles. The van der Waals surface area contributed by atoms with Crippen LogP contribution in [0.3, 0.4) is 0 Å². The van der Waals surface area contributed by atoms with E-state index in [1.54, 1.807) is 35.5 Å². The summed E-state index contributed by atoms with van der Waals surface area (Å²) in [5, 5.41) is 9.49. The first kappa shape index (κ1) is 18.9. The Balaban J connectivity index is 1.49. The Labute approximate surface area is 172 Å². The van der Waals surface area contributed by atoms with Crippen LogP contribution in [0.2, 0.25) is 5.02 Å². The van der Waals surface area contributed by atoms with Gasteiger partial charge >= 0.3 is 0 Å². The number of carbonyl (C=O) groups excluding carboxylic acids is 1. The second kappa shape index (κ2) is 8.72. The summed E-state index contributed by atoms with van der Waals surface area (Å²) in [7, 11) is 0. The zero-order valence-corrected chi connectivity index (χ0v) is 16.2. The summed E-state index contributed by atoms with van der Waals surface area (Å²) in [5.74, 6) is 0.621. The van der Waals surface area contributed by atoms with Crippen molar-refractivity contribution in [3.05, 3.63) is 95.9 Å². The number of benzene rings is 2. The van der Waals surface area contributed by atoms with Gasteiger partial charge in [-0.15, -0.1) is 0 Å². The molecule has 0 saturated carbocycles. The number of nitrogens with two attached hydrogens (primary N) is 1. The lowest BCUT2D eigenvalue weighted by atomic mass is 10.0. The van der Waals surface area contributed by atoms with E-state index in [2.05, 4.69) is 15.4 Å². The third-order valence-corrected chi connectivity index (χ3v) is 4.68. The molecule has 146 valence electrons. The number of rotatable bonds is 7. The summed E-state index contributed by atoms with van der Waals surface area (Å²) in [4.78, 5) is 16.6. The highest BCUT2D eigenvalue weighted by Gasteiger charge is 2.22. The van der Waals surface area contributed by atoms with Crippen LogP contribution in [-0.2, 0) is 4.79 Å². The van der Waals surface area contributed by atoms with Crippen LogP contribution in [0, 0.1) is 0 Å². The normalized spacial score (nSPS) is 11.9. The van der Waals surface area contributed by atoms with Gasteiger partial charge in [0.15, 0.2) is 18.3 Å². The lowest BCUT2D eigenvalue weighted by Crippen LogP contribution is -2.87. The van der Waals surface area contributed by atoms with Crippen LogP contribution in [-0.4, -0.2) is 27.2 Å². The molecule has 3 N–H and O–H groups in total. The largest absolute Gasteiger partial charge is 0.463 e. The molecule has 0 saturated heterocycles. The fraction of sp³-hybridized carbons (Fsp3) is 0.0952. The Hall–Kier alpha value is -3.42. The molecule has 2 aromatic heterocycles. The standard InChI is InChI=1S/C21H18ClN5O2/c22-16-8-9-18(27-14-23-13-25-27)17(11-16)26-20(28)12-24-21(19-7-4-10-29-19)15-5-2-1-3-6-15/h1-11,13-14,21,24H,12H2,(H,26,28)/p+1/t21-/m1/s1. The Morgan fingerprint density at radius 3 is 2.76 bits per heavy atom. The molecule has 4 rings (SSSR count). The summed E-state index contributed by atoms with van der Waals surface area (Å²) in [6.07, 6.45) is 4.63. The molecule has 4 aromatic rings. The smallest absolute Gasteiger partial charge is 0.279 e. The molecule has 0 fully saturated rings. The number of halogens is 1. The van der Waals surface area contributed by atoms with Gasteiger partial charge in [0.05, 0.1) is 17.6 Å². The minimum absolute atomic E-state index is 0.119. The highest BCUT2D eigenvalue weighted by Crippen LogP contribution is 2.24. The van der Waals surface area contributed by atoms with Crippen LogP contribution in [0.25, 0.3) is 5.69 Å². The van der Waals surface area contributed by atoms with Gasteiger partial charge in [-0.3, -0.25) is 4.79 Å². The molecular weight excluding hydrogens is 390 g/mol. The average Bonchev–Trinajstić information content (AvgIpc) is 3.44. The molecule has 0 bridgehead atoms. The first-order valence-electron chi connectivity index (χ1n) is 9.07. The van der Waals surface area contributed by atoms with Crippen molar-refractivity contribution in [1.82, 2.24) is 14.8 Å². The lowest BCUT2D eigenvalue weighted by Gasteiger charge is -2.15. The number of aromatic nitrogens is 3. The van der Waals surface area contributed by atoms with Crippen molar-refractivity contribution in [2.24, 2.45) is 0 Å². The van der Waals surface area contributed by atoms with E-state index in [0.29, 0.717) is 16.4 Å². The van der Waals surface area contributed by atoms with Crippen molar-refractivity contribution in [2.75, 3.05) is 11.9 Å². The Bertz CT molecular complexity index is 1070. The van der Waals surface area contributed by atoms with Crippen LogP contribution in [0.15, 0.2) is 84.0 Å². The third kappa shape index (κ3) is 4.53. The monoisotopic (exact) mass is 408 g/mol. The van der Waals surface area contributed by atoms with E-state index < -0.39 is 0 Å². The molecule has 8 heteroatoms. The summed E-state index contributed by atoms with van der Waals surface area (Å²) in [6, 6.07) is 18.8. The van der Waals surface area contributed by atoms with Crippen molar-refractivity contribution < 1.29 is 14.5 Å². The van der Waals surface area contributed by atoms with Crippen LogP contribution < -0.4 is 10.6 Å². The van der Waals surface area contributed by atoms with Crippen molar-refractivity contribution in [3.63, 3.8) is 0 Å². The average molecular weight is 409 g/mol. The fourth-order valence-electron chi connectivity index (χ4n) is 3.11. The number of amides is 1. The van der Waals surface area contributed by atoms with E-state index in [1.807, 2.05) is 47.8 Å². The first-order valence-corrected chi connectivity index (χ1v) is 9.44. The molecule has 0 radical (unpaired) electrons. The third-order valence-electron chi connectivity index (χ3n) is 4.45. The number of hydrogen-bond donors (Lipinski definition) is 2. The minimum Gasteiger partial charge on any atom is -0.463 e. The Morgan fingerprint density at radius 1 is 1.17 bits per heavy atom. The number of hydrogen-bond acceptors (Lipinski definition) is 4. The summed E-state index contributed by atoms with van der Waals surface area (Å²) in [5.41, 5.74) is 2.31. The predicted octanol–water partition coefficient (Wildman–Crippen LogP) is 2.81. The molecule has 0 aliphatic rings. The lowest BCUT2D eigenvalue weighted by molar-refractivity contribution is -0.678. The molecule has 1 amide bonds. The zero-order chi connectivity index (χ0) is 20.1. The zero-order valence-electron chi connectivity index (χ0n) is 15.4. The fourth-order valence-corrected chi connectivity index (χ4v) is 3.28. The number of quaternary nitrogens is 1. The maximum absolute atomic E-state index is 12.7. The molecule has 2 heterocycles. The van der Waals surface area contributed by atoms with E-state index in [4.69, 9.17) is 16.0 Å². The quantitative estimate of drug-likeness (QED) is 0.492.